The lowest BCUT2D eigenvalue weighted by Gasteiger charge is -2.33. The number of aliphatic hydroxyl groups is 1. The van der Waals surface area contributed by atoms with E-state index in [1.807, 2.05) is 20.8 Å². The minimum Gasteiger partial charge on any atom is -0.449 e. The predicted octanol–water partition coefficient (Wildman–Crippen LogP) is 2.13. The van der Waals surface area contributed by atoms with Crippen LogP contribution in [0.2, 0.25) is 0 Å². The van der Waals surface area contributed by atoms with Crippen LogP contribution in [0.4, 0.5) is 4.79 Å². The first-order valence-corrected chi connectivity index (χ1v) is 6.66. The van der Waals surface area contributed by atoms with Crippen LogP contribution < -0.4 is 0 Å². The van der Waals surface area contributed by atoms with E-state index in [0.717, 1.165) is 12.8 Å². The van der Waals surface area contributed by atoms with Gasteiger partial charge < -0.3 is 14.6 Å². The van der Waals surface area contributed by atoms with Crippen LogP contribution in [0.25, 0.3) is 0 Å². The van der Waals surface area contributed by atoms with Crippen LogP contribution in [0.15, 0.2) is 0 Å². The summed E-state index contributed by atoms with van der Waals surface area (Å²) in [5.74, 6) is 0. The first kappa shape index (κ1) is 15.2. The van der Waals surface area contributed by atoms with Gasteiger partial charge in [0, 0.05) is 0 Å². The number of hydrogen-bond donors (Lipinski definition) is 1. The second-order valence-corrected chi connectivity index (χ2v) is 5.33. The van der Waals surface area contributed by atoms with Crippen molar-refractivity contribution in [3.05, 3.63) is 0 Å². The van der Waals surface area contributed by atoms with E-state index in [1.165, 1.54) is 0 Å². The average Bonchev–Trinajstić information content (AvgIpc) is 2.53. The minimum absolute atomic E-state index is 0.117. The SMILES string of the molecule is CCCCOC(=O)N1C(CC(C)O)COC1(C)C. The van der Waals surface area contributed by atoms with Crippen molar-refractivity contribution in [3.63, 3.8) is 0 Å². The Labute approximate surface area is 109 Å². The molecule has 1 N–H and O–H groups in total. The molecule has 0 bridgehead atoms. The van der Waals surface area contributed by atoms with Crippen molar-refractivity contribution in [2.45, 2.75) is 64.8 Å². The summed E-state index contributed by atoms with van der Waals surface area (Å²) in [6.45, 7) is 8.33. The molecule has 0 aliphatic carbocycles. The molecule has 0 aromatic rings. The Balaban J connectivity index is 2.63. The van der Waals surface area contributed by atoms with Crippen molar-refractivity contribution in [2.75, 3.05) is 13.2 Å². The summed E-state index contributed by atoms with van der Waals surface area (Å²) in [4.78, 5) is 13.7. The highest BCUT2D eigenvalue weighted by atomic mass is 16.6. The number of hydrogen-bond acceptors (Lipinski definition) is 4. The van der Waals surface area contributed by atoms with Gasteiger partial charge in [0.2, 0.25) is 0 Å². The summed E-state index contributed by atoms with van der Waals surface area (Å²) >= 11 is 0. The van der Waals surface area contributed by atoms with Crippen molar-refractivity contribution in [3.8, 4) is 0 Å². The maximum Gasteiger partial charge on any atom is 0.412 e. The number of amides is 1. The molecule has 1 rings (SSSR count). The van der Waals surface area contributed by atoms with Crippen LogP contribution in [0.1, 0.15) is 47.0 Å². The molecule has 1 saturated heterocycles. The molecular weight excluding hydrogens is 234 g/mol. The highest BCUT2D eigenvalue weighted by molar-refractivity contribution is 5.69. The molecule has 0 saturated carbocycles. The third-order valence-electron chi connectivity index (χ3n) is 3.11. The van der Waals surface area contributed by atoms with E-state index in [-0.39, 0.29) is 12.1 Å². The van der Waals surface area contributed by atoms with E-state index in [4.69, 9.17) is 9.47 Å². The van der Waals surface area contributed by atoms with Gasteiger partial charge in [-0.1, -0.05) is 13.3 Å². The van der Waals surface area contributed by atoms with Crippen molar-refractivity contribution < 1.29 is 19.4 Å². The molecule has 1 fully saturated rings. The van der Waals surface area contributed by atoms with Crippen molar-refractivity contribution in [2.24, 2.45) is 0 Å². The minimum atomic E-state index is -0.664. The van der Waals surface area contributed by atoms with Crippen LogP contribution in [-0.2, 0) is 9.47 Å². The van der Waals surface area contributed by atoms with E-state index < -0.39 is 11.8 Å². The molecular formula is C13H25NO4. The lowest BCUT2D eigenvalue weighted by atomic mass is 10.1. The molecule has 1 aliphatic heterocycles. The lowest BCUT2D eigenvalue weighted by Crippen LogP contribution is -2.48. The van der Waals surface area contributed by atoms with Crippen molar-refractivity contribution >= 4 is 6.09 Å². The van der Waals surface area contributed by atoms with E-state index in [1.54, 1.807) is 11.8 Å². The van der Waals surface area contributed by atoms with Crippen molar-refractivity contribution in [1.29, 1.82) is 0 Å². The standard InChI is InChI=1S/C13H25NO4/c1-5-6-7-17-12(16)14-11(8-10(2)15)9-18-13(14,3)4/h10-11,15H,5-9H2,1-4H3. The van der Waals surface area contributed by atoms with Gasteiger partial charge in [0.1, 0.15) is 5.72 Å². The van der Waals surface area contributed by atoms with Crippen LogP contribution >= 0.6 is 0 Å². The van der Waals surface area contributed by atoms with Gasteiger partial charge in [-0.05, 0) is 33.6 Å². The molecule has 0 radical (unpaired) electrons. The first-order chi connectivity index (χ1) is 8.38. The quantitative estimate of drug-likeness (QED) is 0.768. The number of aliphatic hydroxyl groups excluding tert-OH is 1. The number of nitrogens with zero attached hydrogens (tertiary/aromatic N) is 1. The fourth-order valence-electron chi connectivity index (χ4n) is 2.19. The van der Waals surface area contributed by atoms with E-state index >= 15 is 0 Å². The number of unbranched alkanes of at least 4 members (excludes halogenated alkanes) is 1. The monoisotopic (exact) mass is 259 g/mol. The first-order valence-electron chi connectivity index (χ1n) is 6.66. The zero-order valence-corrected chi connectivity index (χ0v) is 11.8. The molecule has 0 spiro atoms. The largest absolute Gasteiger partial charge is 0.449 e. The summed E-state index contributed by atoms with van der Waals surface area (Å²) in [5, 5.41) is 9.46. The Bertz CT molecular complexity index is 278. The maximum atomic E-state index is 12.1. The number of rotatable bonds is 5. The van der Waals surface area contributed by atoms with Gasteiger partial charge in [-0.3, -0.25) is 4.90 Å². The second-order valence-electron chi connectivity index (χ2n) is 5.33. The Morgan fingerprint density at radius 3 is 2.83 bits per heavy atom. The van der Waals surface area contributed by atoms with Gasteiger partial charge in [0.15, 0.2) is 0 Å². The van der Waals surface area contributed by atoms with Crippen molar-refractivity contribution in [1.82, 2.24) is 4.90 Å². The molecule has 1 aliphatic rings. The van der Waals surface area contributed by atoms with Gasteiger partial charge in [0.05, 0.1) is 25.4 Å². The smallest absolute Gasteiger partial charge is 0.412 e. The maximum absolute atomic E-state index is 12.1. The highest BCUT2D eigenvalue weighted by Crippen LogP contribution is 2.30. The molecule has 2 unspecified atom stereocenters. The molecule has 5 nitrogen and oxygen atoms in total. The lowest BCUT2D eigenvalue weighted by molar-refractivity contribution is -0.0491. The summed E-state index contributed by atoms with van der Waals surface area (Å²) in [5.41, 5.74) is -0.664. The van der Waals surface area contributed by atoms with Crippen LogP contribution in [0.3, 0.4) is 0 Å². The topological polar surface area (TPSA) is 59.0 Å². The fraction of sp³-hybridized carbons (Fsp3) is 0.923. The highest BCUT2D eigenvalue weighted by Gasteiger charge is 2.44. The van der Waals surface area contributed by atoms with Gasteiger partial charge in [-0.15, -0.1) is 0 Å². The Hall–Kier alpha value is -0.810. The van der Waals surface area contributed by atoms with Gasteiger partial charge in [0.25, 0.3) is 0 Å². The Morgan fingerprint density at radius 2 is 2.28 bits per heavy atom. The zero-order chi connectivity index (χ0) is 13.8. The van der Waals surface area contributed by atoms with E-state index in [2.05, 4.69) is 0 Å². The molecule has 0 aromatic carbocycles. The van der Waals surface area contributed by atoms with E-state index in [0.29, 0.717) is 19.6 Å². The van der Waals surface area contributed by atoms with Crippen LogP contribution in [-0.4, -0.2) is 47.2 Å². The molecule has 1 amide bonds. The van der Waals surface area contributed by atoms with Gasteiger partial charge in [-0.2, -0.15) is 0 Å². The second kappa shape index (κ2) is 6.38. The third-order valence-corrected chi connectivity index (χ3v) is 3.11. The zero-order valence-electron chi connectivity index (χ0n) is 11.8. The molecule has 0 aromatic heterocycles. The summed E-state index contributed by atoms with van der Waals surface area (Å²) < 4.78 is 10.8. The average molecular weight is 259 g/mol. The summed E-state index contributed by atoms with van der Waals surface area (Å²) in [7, 11) is 0. The number of carbonyl (C=O) groups is 1. The fourth-order valence-corrected chi connectivity index (χ4v) is 2.19. The molecule has 1 heterocycles. The molecule has 18 heavy (non-hydrogen) atoms. The number of carbonyl (C=O) groups excluding carboxylic acids is 1. The third kappa shape index (κ3) is 3.85. The summed E-state index contributed by atoms with van der Waals surface area (Å²) in [6.07, 6.45) is 1.55. The summed E-state index contributed by atoms with van der Waals surface area (Å²) in [6, 6.07) is -0.117. The molecule has 2 atom stereocenters. The Morgan fingerprint density at radius 1 is 1.61 bits per heavy atom. The van der Waals surface area contributed by atoms with E-state index in [9.17, 15) is 9.90 Å². The van der Waals surface area contributed by atoms with Gasteiger partial charge >= 0.3 is 6.09 Å². The van der Waals surface area contributed by atoms with Gasteiger partial charge in [-0.25, -0.2) is 4.79 Å². The normalized spacial score (nSPS) is 24.1. The molecule has 5 heteroatoms. The Kier molecular flexibility index (Phi) is 5.41. The van der Waals surface area contributed by atoms with Crippen LogP contribution in [0.5, 0.6) is 0 Å². The predicted molar refractivity (Wildman–Crippen MR) is 68.2 cm³/mol. The van der Waals surface area contributed by atoms with Crippen LogP contribution in [0, 0.1) is 0 Å². The number of ether oxygens (including phenoxy) is 2. The molecule has 106 valence electrons.